The van der Waals surface area contributed by atoms with Crippen LogP contribution in [-0.2, 0) is 21.4 Å². The van der Waals surface area contributed by atoms with Gasteiger partial charge in [-0.1, -0.05) is 30.3 Å². The molecule has 118 valence electrons. The van der Waals surface area contributed by atoms with E-state index in [0.717, 1.165) is 5.56 Å². The van der Waals surface area contributed by atoms with E-state index in [9.17, 15) is 13.2 Å². The highest BCUT2D eigenvalue weighted by atomic mass is 32.2. The van der Waals surface area contributed by atoms with Crippen LogP contribution in [0, 0.1) is 6.92 Å². The molecular formula is C15H19N3O3S. The standard InChI is InChI=1S/C15H19N3O3S/c1-4-18-10-14(16-12(18)3)22(20,21)17-15(19)11(2)13-8-6-5-7-9-13/h5-11H,4H2,1-3H3,(H,17,19)/t11-/m1/s1. The smallest absolute Gasteiger partial charge is 0.283 e. The minimum Gasteiger partial charge on any atom is -0.334 e. The molecule has 0 aliphatic carbocycles. The predicted octanol–water partition coefficient (Wildman–Crippen LogP) is 1.82. The second kappa shape index (κ2) is 6.31. The van der Waals surface area contributed by atoms with Crippen LogP contribution < -0.4 is 4.72 Å². The number of amides is 1. The van der Waals surface area contributed by atoms with Gasteiger partial charge in [-0.2, -0.15) is 8.42 Å². The molecule has 0 saturated heterocycles. The van der Waals surface area contributed by atoms with Crippen molar-refractivity contribution in [2.75, 3.05) is 0 Å². The van der Waals surface area contributed by atoms with Crippen LogP contribution in [-0.4, -0.2) is 23.9 Å². The molecule has 0 aliphatic heterocycles. The summed E-state index contributed by atoms with van der Waals surface area (Å²) in [4.78, 5) is 16.2. The minimum absolute atomic E-state index is 0.138. The third-order valence-corrected chi connectivity index (χ3v) is 4.72. The summed E-state index contributed by atoms with van der Waals surface area (Å²) in [5.41, 5.74) is 0.755. The summed E-state index contributed by atoms with van der Waals surface area (Å²) in [5, 5.41) is -0.138. The van der Waals surface area contributed by atoms with E-state index < -0.39 is 21.8 Å². The zero-order valence-corrected chi connectivity index (χ0v) is 13.6. The largest absolute Gasteiger partial charge is 0.334 e. The van der Waals surface area contributed by atoms with Crippen LogP contribution in [0.3, 0.4) is 0 Å². The first-order chi connectivity index (χ1) is 10.3. The predicted molar refractivity (Wildman–Crippen MR) is 82.8 cm³/mol. The van der Waals surface area contributed by atoms with E-state index in [1.807, 2.05) is 13.0 Å². The van der Waals surface area contributed by atoms with Crippen molar-refractivity contribution >= 4 is 15.9 Å². The molecule has 22 heavy (non-hydrogen) atoms. The maximum Gasteiger partial charge on any atom is 0.283 e. The first-order valence-corrected chi connectivity index (χ1v) is 8.49. The van der Waals surface area contributed by atoms with Crippen molar-refractivity contribution in [3.63, 3.8) is 0 Å². The van der Waals surface area contributed by atoms with Crippen LogP contribution in [0.5, 0.6) is 0 Å². The Morgan fingerprint density at radius 1 is 1.32 bits per heavy atom. The van der Waals surface area contributed by atoms with Gasteiger partial charge in [0, 0.05) is 12.7 Å². The maximum absolute atomic E-state index is 12.3. The van der Waals surface area contributed by atoms with E-state index in [-0.39, 0.29) is 5.03 Å². The van der Waals surface area contributed by atoms with Gasteiger partial charge in [0.25, 0.3) is 10.0 Å². The monoisotopic (exact) mass is 321 g/mol. The highest BCUT2D eigenvalue weighted by Crippen LogP contribution is 2.16. The Morgan fingerprint density at radius 3 is 2.50 bits per heavy atom. The van der Waals surface area contributed by atoms with Crippen molar-refractivity contribution in [3.8, 4) is 0 Å². The van der Waals surface area contributed by atoms with Crippen molar-refractivity contribution in [3.05, 3.63) is 47.9 Å². The minimum atomic E-state index is -3.96. The first kappa shape index (κ1) is 16.2. The molecule has 0 saturated carbocycles. The SMILES string of the molecule is CCn1cc(S(=O)(=O)NC(=O)[C@H](C)c2ccccc2)nc1C. The number of sulfonamides is 1. The molecule has 0 radical (unpaired) electrons. The van der Waals surface area contributed by atoms with Gasteiger partial charge in [0.05, 0.1) is 5.92 Å². The number of imidazole rings is 1. The summed E-state index contributed by atoms with van der Waals surface area (Å²) in [6, 6.07) is 9.02. The summed E-state index contributed by atoms with van der Waals surface area (Å²) < 4.78 is 28.3. The van der Waals surface area contributed by atoms with Gasteiger partial charge in [0.2, 0.25) is 5.91 Å². The lowest BCUT2D eigenvalue weighted by atomic mass is 10.0. The summed E-state index contributed by atoms with van der Waals surface area (Å²) in [5.74, 6) is -0.549. The quantitative estimate of drug-likeness (QED) is 0.911. The second-order valence-electron chi connectivity index (χ2n) is 5.01. The van der Waals surface area contributed by atoms with Crippen LogP contribution in [0.1, 0.15) is 31.2 Å². The molecule has 1 amide bonds. The number of nitrogens with one attached hydrogen (secondary N) is 1. The molecule has 0 bridgehead atoms. The van der Waals surface area contributed by atoms with Gasteiger partial charge >= 0.3 is 0 Å². The molecule has 7 heteroatoms. The first-order valence-electron chi connectivity index (χ1n) is 7.00. The van der Waals surface area contributed by atoms with E-state index in [1.165, 1.54) is 6.20 Å². The Labute approximate surface area is 130 Å². The van der Waals surface area contributed by atoms with Crippen molar-refractivity contribution in [1.29, 1.82) is 0 Å². The lowest BCUT2D eigenvalue weighted by molar-refractivity contribution is -0.120. The summed E-state index contributed by atoms with van der Waals surface area (Å²) >= 11 is 0. The van der Waals surface area contributed by atoms with E-state index in [1.54, 1.807) is 42.7 Å². The number of aromatic nitrogens is 2. The average Bonchev–Trinajstić information content (AvgIpc) is 2.89. The molecule has 0 spiro atoms. The molecule has 1 heterocycles. The number of carbonyl (C=O) groups excluding carboxylic acids is 1. The van der Waals surface area contributed by atoms with Crippen molar-refractivity contribution in [1.82, 2.24) is 14.3 Å². The van der Waals surface area contributed by atoms with Crippen molar-refractivity contribution in [2.24, 2.45) is 0 Å². The van der Waals surface area contributed by atoms with Crippen LogP contribution in [0.2, 0.25) is 0 Å². The van der Waals surface area contributed by atoms with Gasteiger partial charge in [0.15, 0.2) is 5.03 Å². The Bertz CT molecular complexity index is 767. The highest BCUT2D eigenvalue weighted by Gasteiger charge is 2.25. The fraction of sp³-hybridized carbons (Fsp3) is 0.333. The third-order valence-electron chi connectivity index (χ3n) is 3.50. The molecule has 0 unspecified atom stereocenters. The fourth-order valence-electron chi connectivity index (χ4n) is 2.10. The number of carbonyl (C=O) groups is 1. The van der Waals surface area contributed by atoms with Gasteiger partial charge in [-0.3, -0.25) is 4.79 Å². The average molecular weight is 321 g/mol. The normalized spacial score (nSPS) is 12.9. The molecule has 1 N–H and O–H groups in total. The Morgan fingerprint density at radius 2 is 1.95 bits per heavy atom. The topological polar surface area (TPSA) is 81.1 Å². The third kappa shape index (κ3) is 3.36. The molecule has 1 atom stereocenters. The zero-order valence-electron chi connectivity index (χ0n) is 12.8. The fourth-order valence-corrected chi connectivity index (χ4v) is 3.16. The maximum atomic E-state index is 12.3. The Balaban J connectivity index is 2.19. The van der Waals surface area contributed by atoms with Crippen LogP contribution in [0.4, 0.5) is 0 Å². The molecule has 1 aromatic heterocycles. The van der Waals surface area contributed by atoms with Crippen molar-refractivity contribution < 1.29 is 13.2 Å². The van der Waals surface area contributed by atoms with Crippen LogP contribution in [0.15, 0.2) is 41.6 Å². The van der Waals surface area contributed by atoms with Crippen LogP contribution in [0.25, 0.3) is 0 Å². The van der Waals surface area contributed by atoms with Gasteiger partial charge < -0.3 is 4.57 Å². The summed E-state index contributed by atoms with van der Waals surface area (Å²) in [6.45, 7) is 5.89. The van der Waals surface area contributed by atoms with Gasteiger partial charge in [-0.25, -0.2) is 9.71 Å². The zero-order chi connectivity index (χ0) is 16.3. The molecule has 0 aliphatic rings. The summed E-state index contributed by atoms with van der Waals surface area (Å²) in [6.07, 6.45) is 1.43. The van der Waals surface area contributed by atoms with E-state index >= 15 is 0 Å². The van der Waals surface area contributed by atoms with Gasteiger partial charge in [0.1, 0.15) is 5.82 Å². The van der Waals surface area contributed by atoms with E-state index in [4.69, 9.17) is 0 Å². The second-order valence-corrected chi connectivity index (χ2v) is 6.64. The number of rotatable bonds is 5. The van der Waals surface area contributed by atoms with Gasteiger partial charge in [-0.05, 0) is 26.3 Å². The molecule has 6 nitrogen and oxygen atoms in total. The highest BCUT2D eigenvalue weighted by molar-refractivity contribution is 7.90. The molecule has 0 fully saturated rings. The van der Waals surface area contributed by atoms with E-state index in [2.05, 4.69) is 9.71 Å². The number of hydrogen-bond acceptors (Lipinski definition) is 4. The number of benzene rings is 1. The van der Waals surface area contributed by atoms with Crippen LogP contribution >= 0.6 is 0 Å². The number of aryl methyl sites for hydroxylation is 2. The number of nitrogens with zero attached hydrogens (tertiary/aromatic N) is 2. The lowest BCUT2D eigenvalue weighted by Crippen LogP contribution is -2.34. The molecule has 2 aromatic rings. The molecule has 1 aromatic carbocycles. The Kier molecular flexibility index (Phi) is 4.65. The number of hydrogen-bond donors (Lipinski definition) is 1. The van der Waals surface area contributed by atoms with E-state index in [0.29, 0.717) is 12.4 Å². The lowest BCUT2D eigenvalue weighted by Gasteiger charge is -2.11. The molecule has 2 rings (SSSR count). The summed E-state index contributed by atoms with van der Waals surface area (Å²) in [7, 11) is -3.96. The molecular weight excluding hydrogens is 302 g/mol. The van der Waals surface area contributed by atoms with Gasteiger partial charge in [-0.15, -0.1) is 0 Å². The van der Waals surface area contributed by atoms with Crippen molar-refractivity contribution in [2.45, 2.75) is 38.3 Å². The Hall–Kier alpha value is -2.15.